The maximum atomic E-state index is 6.25. The first-order chi connectivity index (χ1) is 11.5. The molecule has 0 aliphatic carbocycles. The molecule has 0 aliphatic heterocycles. The molecule has 0 aliphatic rings. The van der Waals surface area contributed by atoms with Crippen LogP contribution in [0.15, 0.2) is 48.8 Å². The molecule has 5 heteroatoms. The number of nitrogens with zero attached hydrogens (tertiary/aromatic N) is 2. The number of aryl methyl sites for hydroxylation is 2. The first-order valence-corrected chi connectivity index (χ1v) is 7.82. The van der Waals surface area contributed by atoms with Crippen molar-refractivity contribution in [2.24, 2.45) is 0 Å². The van der Waals surface area contributed by atoms with Crippen molar-refractivity contribution in [3.05, 3.63) is 65.5 Å². The van der Waals surface area contributed by atoms with Crippen LogP contribution >= 0.6 is 0 Å². The Hall–Kier alpha value is -3.08. The van der Waals surface area contributed by atoms with Crippen LogP contribution in [0, 0.1) is 20.8 Å². The van der Waals surface area contributed by atoms with Gasteiger partial charge in [0.1, 0.15) is 12.0 Å². The van der Waals surface area contributed by atoms with E-state index in [4.69, 9.17) is 5.73 Å². The minimum Gasteiger partial charge on any atom is -0.393 e. The van der Waals surface area contributed by atoms with Gasteiger partial charge in [0.15, 0.2) is 11.6 Å². The second-order valence-electron chi connectivity index (χ2n) is 5.85. The van der Waals surface area contributed by atoms with Crippen LogP contribution in [-0.2, 0) is 0 Å². The topological polar surface area (TPSA) is 75.9 Å². The molecule has 0 saturated heterocycles. The van der Waals surface area contributed by atoms with Crippen molar-refractivity contribution in [2.75, 3.05) is 16.4 Å². The van der Waals surface area contributed by atoms with Gasteiger partial charge in [0, 0.05) is 11.4 Å². The van der Waals surface area contributed by atoms with Gasteiger partial charge in [-0.25, -0.2) is 9.97 Å². The van der Waals surface area contributed by atoms with Crippen LogP contribution in [0.25, 0.3) is 0 Å². The summed E-state index contributed by atoms with van der Waals surface area (Å²) in [5.41, 5.74) is 12.2. The van der Waals surface area contributed by atoms with E-state index in [-0.39, 0.29) is 0 Å². The number of nitrogens with one attached hydrogen (secondary N) is 2. The molecular formula is C19H21N5. The highest BCUT2D eigenvalue weighted by molar-refractivity contribution is 5.80. The average Bonchev–Trinajstić information content (AvgIpc) is 2.57. The molecule has 122 valence electrons. The fraction of sp³-hybridized carbons (Fsp3) is 0.158. The third-order valence-electron chi connectivity index (χ3n) is 4.06. The van der Waals surface area contributed by atoms with Gasteiger partial charge in [-0.2, -0.15) is 0 Å². The quantitative estimate of drug-likeness (QED) is 0.661. The molecule has 24 heavy (non-hydrogen) atoms. The van der Waals surface area contributed by atoms with E-state index in [0.29, 0.717) is 17.3 Å². The lowest BCUT2D eigenvalue weighted by molar-refractivity contribution is 1.17. The summed E-state index contributed by atoms with van der Waals surface area (Å²) in [6.45, 7) is 6.20. The lowest BCUT2D eigenvalue weighted by Gasteiger charge is -2.14. The summed E-state index contributed by atoms with van der Waals surface area (Å²) in [6.07, 6.45) is 1.50. The van der Waals surface area contributed by atoms with Crippen molar-refractivity contribution in [1.82, 2.24) is 9.97 Å². The molecule has 0 unspecified atom stereocenters. The molecule has 0 bridgehead atoms. The lowest BCUT2D eigenvalue weighted by Crippen LogP contribution is -2.06. The molecule has 3 aromatic rings. The summed E-state index contributed by atoms with van der Waals surface area (Å²) in [4.78, 5) is 8.52. The standard InChI is InChI=1S/C19H21N5/c1-12-7-9-15(10-8-12)23-18-17(20)19(22-11-21-18)24-16-6-4-5-13(2)14(16)3/h4-11H,20H2,1-3H3,(H2,21,22,23,24). The molecule has 0 amide bonds. The molecule has 3 rings (SSSR count). The van der Waals surface area contributed by atoms with Crippen LogP contribution in [0.3, 0.4) is 0 Å². The summed E-state index contributed by atoms with van der Waals surface area (Å²) >= 11 is 0. The van der Waals surface area contributed by atoms with Crippen LogP contribution in [0.4, 0.5) is 28.7 Å². The Morgan fingerprint density at radius 1 is 0.833 bits per heavy atom. The first-order valence-electron chi connectivity index (χ1n) is 7.82. The van der Waals surface area contributed by atoms with Gasteiger partial charge in [0.2, 0.25) is 0 Å². The summed E-state index contributed by atoms with van der Waals surface area (Å²) in [5, 5.41) is 6.54. The summed E-state index contributed by atoms with van der Waals surface area (Å²) < 4.78 is 0. The van der Waals surface area contributed by atoms with Crippen LogP contribution in [0.1, 0.15) is 16.7 Å². The second kappa shape index (κ2) is 6.58. The molecule has 1 heterocycles. The number of rotatable bonds is 4. The summed E-state index contributed by atoms with van der Waals surface area (Å²) in [7, 11) is 0. The molecular weight excluding hydrogens is 298 g/mol. The molecule has 1 aromatic heterocycles. The van der Waals surface area contributed by atoms with Crippen molar-refractivity contribution in [3.63, 3.8) is 0 Å². The van der Waals surface area contributed by atoms with Crippen molar-refractivity contribution in [3.8, 4) is 0 Å². The van der Waals surface area contributed by atoms with E-state index in [1.54, 1.807) is 0 Å². The fourth-order valence-electron chi connectivity index (χ4n) is 2.38. The highest BCUT2D eigenvalue weighted by atomic mass is 15.1. The Morgan fingerprint density at radius 3 is 2.21 bits per heavy atom. The van der Waals surface area contributed by atoms with Crippen LogP contribution < -0.4 is 16.4 Å². The van der Waals surface area contributed by atoms with E-state index < -0.39 is 0 Å². The smallest absolute Gasteiger partial charge is 0.159 e. The Balaban J connectivity index is 1.88. The van der Waals surface area contributed by atoms with E-state index in [0.717, 1.165) is 11.4 Å². The number of nitrogens with two attached hydrogens (primary N) is 1. The third-order valence-corrected chi connectivity index (χ3v) is 4.06. The van der Waals surface area contributed by atoms with Gasteiger partial charge in [0.25, 0.3) is 0 Å². The van der Waals surface area contributed by atoms with Crippen molar-refractivity contribution < 1.29 is 0 Å². The highest BCUT2D eigenvalue weighted by Gasteiger charge is 2.10. The average molecular weight is 319 g/mol. The minimum absolute atomic E-state index is 0.485. The number of benzene rings is 2. The highest BCUT2D eigenvalue weighted by Crippen LogP contribution is 2.29. The van der Waals surface area contributed by atoms with E-state index in [1.165, 1.54) is 23.0 Å². The predicted molar refractivity (Wildman–Crippen MR) is 100 cm³/mol. The van der Waals surface area contributed by atoms with E-state index >= 15 is 0 Å². The summed E-state index contributed by atoms with van der Waals surface area (Å²) in [6, 6.07) is 14.2. The third kappa shape index (κ3) is 3.30. The molecule has 5 nitrogen and oxygen atoms in total. The zero-order chi connectivity index (χ0) is 17.1. The van der Waals surface area contributed by atoms with Crippen LogP contribution in [0.5, 0.6) is 0 Å². The Bertz CT molecular complexity index is 856. The molecule has 0 fully saturated rings. The van der Waals surface area contributed by atoms with Crippen molar-refractivity contribution >= 4 is 28.7 Å². The second-order valence-corrected chi connectivity index (χ2v) is 5.85. The number of aromatic nitrogens is 2. The molecule has 4 N–H and O–H groups in total. The molecule has 0 saturated carbocycles. The zero-order valence-corrected chi connectivity index (χ0v) is 14.1. The normalized spacial score (nSPS) is 10.5. The Morgan fingerprint density at radius 2 is 1.50 bits per heavy atom. The predicted octanol–water partition coefficient (Wildman–Crippen LogP) is 4.47. The molecule has 0 atom stereocenters. The monoisotopic (exact) mass is 319 g/mol. The van der Waals surface area contributed by atoms with Gasteiger partial charge in [-0.3, -0.25) is 0 Å². The van der Waals surface area contributed by atoms with Gasteiger partial charge in [0.05, 0.1) is 0 Å². The summed E-state index contributed by atoms with van der Waals surface area (Å²) in [5.74, 6) is 1.18. The molecule has 0 spiro atoms. The van der Waals surface area contributed by atoms with Crippen LogP contribution in [0.2, 0.25) is 0 Å². The Labute approximate surface area is 142 Å². The largest absolute Gasteiger partial charge is 0.393 e. The van der Waals surface area contributed by atoms with Gasteiger partial charge in [-0.1, -0.05) is 29.8 Å². The number of hydrogen-bond donors (Lipinski definition) is 3. The maximum Gasteiger partial charge on any atom is 0.159 e. The molecule has 0 radical (unpaired) electrons. The van der Waals surface area contributed by atoms with Gasteiger partial charge < -0.3 is 16.4 Å². The number of anilines is 5. The fourth-order valence-corrected chi connectivity index (χ4v) is 2.38. The SMILES string of the molecule is Cc1ccc(Nc2ncnc(Nc3cccc(C)c3C)c2N)cc1. The van der Waals surface area contributed by atoms with Gasteiger partial charge >= 0.3 is 0 Å². The maximum absolute atomic E-state index is 6.25. The van der Waals surface area contributed by atoms with Crippen molar-refractivity contribution in [1.29, 1.82) is 0 Å². The van der Waals surface area contributed by atoms with Crippen LogP contribution in [-0.4, -0.2) is 9.97 Å². The minimum atomic E-state index is 0.485. The van der Waals surface area contributed by atoms with Gasteiger partial charge in [-0.05, 0) is 50.1 Å². The van der Waals surface area contributed by atoms with E-state index in [2.05, 4.69) is 47.4 Å². The lowest BCUT2D eigenvalue weighted by atomic mass is 10.1. The van der Waals surface area contributed by atoms with Gasteiger partial charge in [-0.15, -0.1) is 0 Å². The van der Waals surface area contributed by atoms with E-state index in [9.17, 15) is 0 Å². The zero-order valence-electron chi connectivity index (χ0n) is 14.1. The van der Waals surface area contributed by atoms with E-state index in [1.807, 2.05) is 36.4 Å². The first kappa shape index (κ1) is 15.8. The Kier molecular flexibility index (Phi) is 4.33. The number of hydrogen-bond acceptors (Lipinski definition) is 5. The number of nitrogen functional groups attached to an aromatic ring is 1. The molecule has 2 aromatic carbocycles. The van der Waals surface area contributed by atoms with Crippen molar-refractivity contribution in [2.45, 2.75) is 20.8 Å².